The molecule has 0 bridgehead atoms. The van der Waals surface area contributed by atoms with Crippen LogP contribution >= 0.6 is 31.9 Å². The number of aliphatic hydroxyl groups excluding tert-OH is 1. The first-order valence-corrected chi connectivity index (χ1v) is 7.62. The summed E-state index contributed by atoms with van der Waals surface area (Å²) >= 11 is 6.56. The lowest BCUT2D eigenvalue weighted by atomic mass is 10.1. The number of aryl methyl sites for hydroxylation is 2. The first kappa shape index (κ1) is 16.5. The Balaban J connectivity index is 2.70. The standard InChI is InChI=1S/C14H18Br2O3/c1-10-8-12(18-7-4-13(15)16)9-11(2)14(10)19-6-3-5-17/h4,8-9,17H,3,5-7H2,1-2H3. The summed E-state index contributed by atoms with van der Waals surface area (Å²) in [5.74, 6) is 1.69. The molecule has 0 saturated carbocycles. The van der Waals surface area contributed by atoms with Crippen molar-refractivity contribution < 1.29 is 14.6 Å². The molecule has 106 valence electrons. The maximum atomic E-state index is 8.76. The number of aliphatic hydroxyl groups is 1. The molecule has 0 amide bonds. The molecule has 0 spiro atoms. The summed E-state index contributed by atoms with van der Waals surface area (Å²) in [5.41, 5.74) is 2.07. The van der Waals surface area contributed by atoms with Crippen LogP contribution in [0.15, 0.2) is 21.6 Å². The van der Waals surface area contributed by atoms with E-state index in [1.165, 1.54) is 0 Å². The molecular formula is C14H18Br2O3. The van der Waals surface area contributed by atoms with E-state index in [-0.39, 0.29) is 6.61 Å². The van der Waals surface area contributed by atoms with Gasteiger partial charge in [-0.15, -0.1) is 0 Å². The van der Waals surface area contributed by atoms with Crippen molar-refractivity contribution in [3.63, 3.8) is 0 Å². The number of hydrogen-bond donors (Lipinski definition) is 1. The predicted octanol–water partition coefficient (Wildman–Crippen LogP) is 4.07. The Hall–Kier alpha value is -0.520. The molecule has 5 heteroatoms. The van der Waals surface area contributed by atoms with Gasteiger partial charge in [-0.2, -0.15) is 0 Å². The van der Waals surface area contributed by atoms with E-state index in [1.807, 2.05) is 32.1 Å². The first-order chi connectivity index (χ1) is 9.04. The van der Waals surface area contributed by atoms with Crippen molar-refractivity contribution in [2.75, 3.05) is 19.8 Å². The van der Waals surface area contributed by atoms with Gasteiger partial charge in [0.05, 0.1) is 10.00 Å². The molecule has 1 aromatic carbocycles. The van der Waals surface area contributed by atoms with E-state index >= 15 is 0 Å². The van der Waals surface area contributed by atoms with Crippen LogP contribution in [0.1, 0.15) is 17.5 Å². The molecule has 19 heavy (non-hydrogen) atoms. The number of hydrogen-bond acceptors (Lipinski definition) is 3. The van der Waals surface area contributed by atoms with Crippen LogP contribution in [-0.2, 0) is 0 Å². The molecule has 0 radical (unpaired) electrons. The average Bonchev–Trinajstić information content (AvgIpc) is 2.32. The highest BCUT2D eigenvalue weighted by Crippen LogP contribution is 2.28. The summed E-state index contributed by atoms with van der Waals surface area (Å²) in [7, 11) is 0. The summed E-state index contributed by atoms with van der Waals surface area (Å²) in [4.78, 5) is 0. The second-order valence-corrected chi connectivity index (χ2v) is 6.89. The Morgan fingerprint density at radius 3 is 2.37 bits per heavy atom. The second-order valence-electron chi connectivity index (χ2n) is 4.12. The van der Waals surface area contributed by atoms with Gasteiger partial charge in [-0.05, 0) is 75.0 Å². The van der Waals surface area contributed by atoms with Crippen molar-refractivity contribution in [3.05, 3.63) is 32.7 Å². The number of benzene rings is 1. The molecule has 3 nitrogen and oxygen atoms in total. The van der Waals surface area contributed by atoms with Gasteiger partial charge in [-0.1, -0.05) is 0 Å². The third kappa shape index (κ3) is 5.97. The van der Waals surface area contributed by atoms with Crippen LogP contribution in [0, 0.1) is 13.8 Å². The highest BCUT2D eigenvalue weighted by molar-refractivity contribution is 9.28. The molecule has 0 saturated heterocycles. The molecule has 0 aliphatic rings. The van der Waals surface area contributed by atoms with Gasteiger partial charge in [0.1, 0.15) is 18.1 Å². The summed E-state index contributed by atoms with van der Waals surface area (Å²) in [6.07, 6.45) is 2.53. The third-order valence-electron chi connectivity index (χ3n) is 2.47. The smallest absolute Gasteiger partial charge is 0.125 e. The minimum Gasteiger partial charge on any atom is -0.493 e. The van der Waals surface area contributed by atoms with E-state index in [0.717, 1.165) is 26.0 Å². The fourth-order valence-electron chi connectivity index (χ4n) is 1.66. The summed E-state index contributed by atoms with van der Waals surface area (Å²) in [6, 6.07) is 3.91. The molecule has 0 aromatic heterocycles. The van der Waals surface area contributed by atoms with Gasteiger partial charge in [0.2, 0.25) is 0 Å². The first-order valence-electron chi connectivity index (χ1n) is 6.03. The topological polar surface area (TPSA) is 38.7 Å². The van der Waals surface area contributed by atoms with Crippen LogP contribution in [0.2, 0.25) is 0 Å². The Labute approximate surface area is 130 Å². The maximum Gasteiger partial charge on any atom is 0.125 e. The normalized spacial score (nSPS) is 10.2. The molecule has 0 aliphatic heterocycles. The van der Waals surface area contributed by atoms with Crippen LogP contribution in [0.3, 0.4) is 0 Å². The van der Waals surface area contributed by atoms with E-state index in [0.29, 0.717) is 19.6 Å². The van der Waals surface area contributed by atoms with Crippen LogP contribution in [0.25, 0.3) is 0 Å². The number of rotatable bonds is 7. The Morgan fingerprint density at radius 1 is 1.21 bits per heavy atom. The Bertz CT molecular complexity index is 417. The largest absolute Gasteiger partial charge is 0.493 e. The fraction of sp³-hybridized carbons (Fsp3) is 0.429. The summed E-state index contributed by atoms with van der Waals surface area (Å²) in [6.45, 7) is 5.15. The van der Waals surface area contributed by atoms with Gasteiger partial charge >= 0.3 is 0 Å². The minimum atomic E-state index is 0.146. The molecule has 0 unspecified atom stereocenters. The molecule has 0 heterocycles. The van der Waals surface area contributed by atoms with Crippen molar-refractivity contribution in [1.82, 2.24) is 0 Å². The van der Waals surface area contributed by atoms with Crippen molar-refractivity contribution >= 4 is 31.9 Å². The lowest BCUT2D eigenvalue weighted by Gasteiger charge is -2.14. The molecule has 0 fully saturated rings. The van der Waals surface area contributed by atoms with Gasteiger partial charge in [0.25, 0.3) is 0 Å². The van der Waals surface area contributed by atoms with Gasteiger partial charge in [0.15, 0.2) is 0 Å². The van der Waals surface area contributed by atoms with Crippen molar-refractivity contribution in [2.45, 2.75) is 20.3 Å². The second kappa shape index (κ2) is 8.61. The van der Waals surface area contributed by atoms with Gasteiger partial charge in [-0.3, -0.25) is 0 Å². The van der Waals surface area contributed by atoms with Crippen LogP contribution in [0.4, 0.5) is 0 Å². The number of halogens is 2. The average molecular weight is 394 g/mol. The lowest BCUT2D eigenvalue weighted by Crippen LogP contribution is -2.03. The quantitative estimate of drug-likeness (QED) is 0.709. The maximum absolute atomic E-state index is 8.76. The Morgan fingerprint density at radius 2 is 1.84 bits per heavy atom. The Kier molecular flexibility index (Phi) is 7.49. The van der Waals surface area contributed by atoms with Crippen LogP contribution < -0.4 is 9.47 Å². The van der Waals surface area contributed by atoms with E-state index < -0.39 is 0 Å². The van der Waals surface area contributed by atoms with E-state index in [9.17, 15) is 0 Å². The third-order valence-corrected chi connectivity index (χ3v) is 3.12. The predicted molar refractivity (Wildman–Crippen MR) is 84.5 cm³/mol. The molecule has 1 rings (SSSR count). The molecular weight excluding hydrogens is 376 g/mol. The van der Waals surface area contributed by atoms with Crippen LogP contribution in [-0.4, -0.2) is 24.9 Å². The van der Waals surface area contributed by atoms with Gasteiger partial charge < -0.3 is 14.6 Å². The van der Waals surface area contributed by atoms with E-state index in [2.05, 4.69) is 31.9 Å². The van der Waals surface area contributed by atoms with E-state index in [1.54, 1.807) is 0 Å². The molecule has 0 atom stereocenters. The molecule has 1 aromatic rings. The van der Waals surface area contributed by atoms with Gasteiger partial charge in [-0.25, -0.2) is 0 Å². The highest BCUT2D eigenvalue weighted by atomic mass is 79.9. The minimum absolute atomic E-state index is 0.146. The SMILES string of the molecule is Cc1cc(OCC=C(Br)Br)cc(C)c1OCCCO. The van der Waals surface area contributed by atoms with Crippen molar-refractivity contribution in [1.29, 1.82) is 0 Å². The van der Waals surface area contributed by atoms with Crippen LogP contribution in [0.5, 0.6) is 11.5 Å². The monoisotopic (exact) mass is 392 g/mol. The lowest BCUT2D eigenvalue weighted by molar-refractivity contribution is 0.232. The zero-order chi connectivity index (χ0) is 14.3. The molecule has 1 N–H and O–H groups in total. The zero-order valence-electron chi connectivity index (χ0n) is 11.1. The zero-order valence-corrected chi connectivity index (χ0v) is 14.3. The fourth-order valence-corrected chi connectivity index (χ4v) is 1.93. The van der Waals surface area contributed by atoms with E-state index in [4.69, 9.17) is 14.6 Å². The summed E-state index contributed by atoms with van der Waals surface area (Å²) in [5, 5.41) is 8.76. The highest BCUT2D eigenvalue weighted by Gasteiger charge is 2.07. The van der Waals surface area contributed by atoms with Crippen molar-refractivity contribution in [3.8, 4) is 11.5 Å². The number of ether oxygens (including phenoxy) is 2. The van der Waals surface area contributed by atoms with Gasteiger partial charge in [0, 0.05) is 13.0 Å². The van der Waals surface area contributed by atoms with Crippen molar-refractivity contribution in [2.24, 2.45) is 0 Å². The molecule has 0 aliphatic carbocycles. The summed E-state index contributed by atoms with van der Waals surface area (Å²) < 4.78 is 12.2.